The Balaban J connectivity index is 2.95. The second kappa shape index (κ2) is 20.9. The predicted octanol–water partition coefficient (Wildman–Crippen LogP) is 6.56. The van der Waals surface area contributed by atoms with E-state index < -0.39 is 0 Å². The van der Waals surface area contributed by atoms with Gasteiger partial charge in [0.05, 0.1) is 13.3 Å². The van der Waals surface area contributed by atoms with Crippen LogP contribution in [0.3, 0.4) is 0 Å². The summed E-state index contributed by atoms with van der Waals surface area (Å²) >= 11 is 0. The Morgan fingerprint density at radius 3 is 1.29 bits per heavy atom. The number of alkyl halides is 1. The highest BCUT2D eigenvalue weighted by atomic mass is 19.1. The van der Waals surface area contributed by atoms with Crippen LogP contribution in [-0.4, -0.2) is 25.9 Å². The molecule has 0 amide bonds. The van der Waals surface area contributed by atoms with Crippen LogP contribution in [0.15, 0.2) is 0 Å². The third-order valence-electron chi connectivity index (χ3n) is 4.55. The molecule has 0 aromatic heterocycles. The maximum atomic E-state index is 11.9. The van der Waals surface area contributed by atoms with Crippen molar-refractivity contribution >= 4 is 0 Å². The van der Waals surface area contributed by atoms with Gasteiger partial charge in [-0.2, -0.15) is 0 Å². The third-order valence-corrected chi connectivity index (χ3v) is 4.55. The molecule has 0 radical (unpaired) electrons. The number of hydrogen-bond donors (Lipinski definition) is 1. The van der Waals surface area contributed by atoms with E-state index in [1.807, 2.05) is 6.92 Å². The molecule has 0 bridgehead atoms. The van der Waals surface area contributed by atoms with Gasteiger partial charge in [0.15, 0.2) is 0 Å². The lowest BCUT2D eigenvalue weighted by molar-refractivity contribution is 0.120. The summed E-state index contributed by atoms with van der Waals surface area (Å²) in [7, 11) is 0. The van der Waals surface area contributed by atoms with Crippen molar-refractivity contribution in [2.24, 2.45) is 5.73 Å². The smallest absolute Gasteiger partial charge is 0.0894 e. The van der Waals surface area contributed by atoms with Crippen molar-refractivity contribution in [3.8, 4) is 0 Å². The summed E-state index contributed by atoms with van der Waals surface area (Å²) in [6.45, 7) is 3.41. The number of nitrogens with two attached hydrogens (primary N) is 1. The van der Waals surface area contributed by atoms with Crippen LogP contribution in [0.25, 0.3) is 0 Å². The van der Waals surface area contributed by atoms with Gasteiger partial charge in [-0.25, -0.2) is 0 Å². The summed E-state index contributed by atoms with van der Waals surface area (Å²) in [5.74, 6) is 0. The predicted molar refractivity (Wildman–Crippen MR) is 104 cm³/mol. The number of unbranched alkanes of at least 4 members (excludes halogenated alkanes) is 15. The largest absolute Gasteiger partial charge is 0.380 e. The van der Waals surface area contributed by atoms with Crippen molar-refractivity contribution in [3.05, 3.63) is 0 Å². The first kappa shape index (κ1) is 23.9. The fourth-order valence-corrected chi connectivity index (χ4v) is 3.04. The van der Waals surface area contributed by atoms with Crippen LogP contribution in [0, 0.1) is 0 Å². The standard InChI is InChI=1S/C21H44FNO/c1-21(23)20-24-19-17-15-13-11-9-7-5-3-2-4-6-8-10-12-14-16-18-22/h21H,2-20,23H2,1H3. The summed E-state index contributed by atoms with van der Waals surface area (Å²) in [5.41, 5.74) is 5.63. The summed E-state index contributed by atoms with van der Waals surface area (Å²) < 4.78 is 17.4. The van der Waals surface area contributed by atoms with Crippen LogP contribution in [0.4, 0.5) is 4.39 Å². The Bertz CT molecular complexity index is 224. The molecule has 0 aromatic rings. The Morgan fingerprint density at radius 2 is 0.958 bits per heavy atom. The van der Waals surface area contributed by atoms with E-state index >= 15 is 0 Å². The minimum Gasteiger partial charge on any atom is -0.380 e. The highest BCUT2D eigenvalue weighted by Crippen LogP contribution is 2.13. The molecule has 0 rings (SSSR count). The molecule has 2 N–H and O–H groups in total. The Labute approximate surface area is 151 Å². The zero-order valence-electron chi connectivity index (χ0n) is 16.4. The lowest BCUT2D eigenvalue weighted by Crippen LogP contribution is -2.22. The van der Waals surface area contributed by atoms with Gasteiger partial charge in [0.1, 0.15) is 0 Å². The van der Waals surface area contributed by atoms with Gasteiger partial charge < -0.3 is 10.5 Å². The molecule has 24 heavy (non-hydrogen) atoms. The molecule has 0 saturated heterocycles. The average Bonchev–Trinajstić information content (AvgIpc) is 2.56. The molecule has 0 aliphatic carbocycles. The molecule has 0 aliphatic heterocycles. The number of ether oxygens (including phenoxy) is 1. The second-order valence-electron chi connectivity index (χ2n) is 7.40. The van der Waals surface area contributed by atoms with E-state index in [9.17, 15) is 4.39 Å². The van der Waals surface area contributed by atoms with E-state index in [0.29, 0.717) is 6.61 Å². The van der Waals surface area contributed by atoms with Crippen molar-refractivity contribution in [1.29, 1.82) is 0 Å². The van der Waals surface area contributed by atoms with Crippen molar-refractivity contribution < 1.29 is 9.13 Å². The zero-order chi connectivity index (χ0) is 17.7. The molecular weight excluding hydrogens is 301 g/mol. The molecule has 0 aromatic carbocycles. The maximum absolute atomic E-state index is 11.9. The van der Waals surface area contributed by atoms with E-state index in [1.165, 1.54) is 89.9 Å². The van der Waals surface area contributed by atoms with Crippen LogP contribution in [0.2, 0.25) is 0 Å². The Morgan fingerprint density at radius 1 is 0.625 bits per heavy atom. The van der Waals surface area contributed by atoms with Gasteiger partial charge in [-0.05, 0) is 19.8 Å². The third kappa shape index (κ3) is 21.9. The summed E-state index contributed by atoms with van der Waals surface area (Å²) in [6.07, 6.45) is 20.7. The molecule has 0 heterocycles. The fourth-order valence-electron chi connectivity index (χ4n) is 3.04. The van der Waals surface area contributed by atoms with Crippen molar-refractivity contribution in [3.63, 3.8) is 0 Å². The van der Waals surface area contributed by atoms with Gasteiger partial charge in [-0.15, -0.1) is 0 Å². The van der Waals surface area contributed by atoms with Gasteiger partial charge in [-0.1, -0.05) is 89.9 Å². The Kier molecular flexibility index (Phi) is 20.8. The monoisotopic (exact) mass is 345 g/mol. The highest BCUT2D eigenvalue weighted by Gasteiger charge is 1.96. The van der Waals surface area contributed by atoms with E-state index in [-0.39, 0.29) is 12.7 Å². The molecule has 2 nitrogen and oxygen atoms in total. The number of rotatable bonds is 20. The van der Waals surface area contributed by atoms with Crippen molar-refractivity contribution in [2.45, 2.75) is 116 Å². The van der Waals surface area contributed by atoms with Crippen LogP contribution >= 0.6 is 0 Å². The topological polar surface area (TPSA) is 35.2 Å². The minimum atomic E-state index is -0.136. The van der Waals surface area contributed by atoms with Crippen molar-refractivity contribution in [2.75, 3.05) is 19.9 Å². The summed E-state index contributed by atoms with van der Waals surface area (Å²) in [6, 6.07) is 0.164. The SMILES string of the molecule is CC(N)COCCCCCCCCCCCCCCCCCCF. The minimum absolute atomic E-state index is 0.136. The van der Waals surface area contributed by atoms with E-state index in [0.717, 1.165) is 19.4 Å². The normalized spacial score (nSPS) is 12.6. The number of hydrogen-bond acceptors (Lipinski definition) is 2. The fraction of sp³-hybridized carbons (Fsp3) is 1.00. The molecule has 0 saturated carbocycles. The molecule has 1 unspecified atom stereocenters. The molecule has 0 spiro atoms. The maximum Gasteiger partial charge on any atom is 0.0894 e. The molecule has 0 aliphatic rings. The molecular formula is C21H44FNO. The number of halogens is 1. The second-order valence-corrected chi connectivity index (χ2v) is 7.40. The van der Waals surface area contributed by atoms with Gasteiger partial charge >= 0.3 is 0 Å². The summed E-state index contributed by atoms with van der Waals surface area (Å²) in [5, 5.41) is 0. The summed E-state index contributed by atoms with van der Waals surface area (Å²) in [4.78, 5) is 0. The lowest BCUT2D eigenvalue weighted by Gasteiger charge is -2.06. The van der Waals surface area contributed by atoms with Crippen molar-refractivity contribution in [1.82, 2.24) is 0 Å². The highest BCUT2D eigenvalue weighted by molar-refractivity contribution is 4.51. The van der Waals surface area contributed by atoms with E-state index in [1.54, 1.807) is 0 Å². The van der Waals surface area contributed by atoms with Gasteiger partial charge in [0.25, 0.3) is 0 Å². The quantitative estimate of drug-likeness (QED) is 0.253. The van der Waals surface area contributed by atoms with Crippen LogP contribution in [0.5, 0.6) is 0 Å². The molecule has 1 atom stereocenters. The molecule has 146 valence electrons. The first-order valence-corrected chi connectivity index (χ1v) is 10.7. The van der Waals surface area contributed by atoms with E-state index in [2.05, 4.69) is 0 Å². The van der Waals surface area contributed by atoms with Crippen LogP contribution in [-0.2, 0) is 4.74 Å². The van der Waals surface area contributed by atoms with Gasteiger partial charge in [0, 0.05) is 12.6 Å². The molecule has 0 fully saturated rings. The average molecular weight is 346 g/mol. The van der Waals surface area contributed by atoms with Gasteiger partial charge in [-0.3, -0.25) is 4.39 Å². The van der Waals surface area contributed by atoms with E-state index in [4.69, 9.17) is 10.5 Å². The zero-order valence-corrected chi connectivity index (χ0v) is 16.4. The van der Waals surface area contributed by atoms with Gasteiger partial charge in [0.2, 0.25) is 0 Å². The lowest BCUT2D eigenvalue weighted by atomic mass is 10.0. The molecule has 3 heteroatoms. The first-order valence-electron chi connectivity index (χ1n) is 10.7. The van der Waals surface area contributed by atoms with Crippen LogP contribution < -0.4 is 5.73 Å². The first-order chi connectivity index (χ1) is 11.8. The Hall–Kier alpha value is -0.150. The van der Waals surface area contributed by atoms with Crippen LogP contribution in [0.1, 0.15) is 110 Å².